The normalized spacial score (nSPS) is 12.6. The quantitative estimate of drug-likeness (QED) is 0.924. The van der Waals surface area contributed by atoms with Gasteiger partial charge in [0.1, 0.15) is 6.10 Å². The Morgan fingerprint density at radius 3 is 2.72 bits per heavy atom. The molecular weight excluding hydrogens is 294 g/mol. The van der Waals surface area contributed by atoms with Crippen LogP contribution in [0.25, 0.3) is 0 Å². The molecule has 0 aliphatic heterocycles. The van der Waals surface area contributed by atoms with E-state index in [0.29, 0.717) is 6.42 Å². The van der Waals surface area contributed by atoms with Gasteiger partial charge in [0, 0.05) is 17.4 Å². The molecule has 1 unspecified atom stereocenters. The van der Waals surface area contributed by atoms with Gasteiger partial charge in [0.2, 0.25) is 0 Å². The number of aryl methyl sites for hydroxylation is 1. The highest BCUT2D eigenvalue weighted by Crippen LogP contribution is 2.19. The van der Waals surface area contributed by atoms with Gasteiger partial charge >= 0.3 is 0 Å². The molecule has 4 nitrogen and oxygen atoms in total. The molecule has 0 fully saturated rings. The van der Waals surface area contributed by atoms with Crippen LogP contribution < -0.4 is 0 Å². The van der Waals surface area contributed by atoms with Gasteiger partial charge in [-0.2, -0.15) is 0 Å². The summed E-state index contributed by atoms with van der Waals surface area (Å²) in [6, 6.07) is 7.95. The predicted molar refractivity (Wildman–Crippen MR) is 73.1 cm³/mol. The summed E-state index contributed by atoms with van der Waals surface area (Å²) >= 11 is 3.40. The van der Waals surface area contributed by atoms with Gasteiger partial charge in [-0.25, -0.2) is 4.68 Å². The van der Waals surface area contributed by atoms with Crippen molar-refractivity contribution in [2.24, 2.45) is 0 Å². The monoisotopic (exact) mass is 309 g/mol. The largest absolute Gasteiger partial charge is 0.386 e. The van der Waals surface area contributed by atoms with Crippen LogP contribution in [0.4, 0.5) is 0 Å². The Kier molecular flexibility index (Phi) is 4.49. The molecule has 1 aromatic carbocycles. The summed E-state index contributed by atoms with van der Waals surface area (Å²) in [7, 11) is 0. The molecule has 5 heteroatoms. The molecule has 1 N–H and O–H groups in total. The number of rotatable bonds is 5. The first-order valence-corrected chi connectivity index (χ1v) is 6.81. The number of aromatic nitrogens is 3. The molecule has 0 aliphatic carbocycles. The first-order valence-electron chi connectivity index (χ1n) is 6.01. The van der Waals surface area contributed by atoms with E-state index in [9.17, 15) is 5.11 Å². The van der Waals surface area contributed by atoms with Crippen molar-refractivity contribution in [1.29, 1.82) is 0 Å². The second kappa shape index (κ2) is 6.11. The summed E-state index contributed by atoms with van der Waals surface area (Å²) in [4.78, 5) is 0. The van der Waals surface area contributed by atoms with Gasteiger partial charge in [-0.05, 0) is 24.1 Å². The van der Waals surface area contributed by atoms with Gasteiger partial charge in [-0.1, -0.05) is 40.2 Å². The van der Waals surface area contributed by atoms with E-state index >= 15 is 0 Å². The van der Waals surface area contributed by atoms with Crippen LogP contribution in [-0.4, -0.2) is 20.1 Å². The van der Waals surface area contributed by atoms with E-state index in [4.69, 9.17) is 0 Å². The van der Waals surface area contributed by atoms with Gasteiger partial charge in [-0.15, -0.1) is 5.10 Å². The molecule has 2 rings (SSSR count). The van der Waals surface area contributed by atoms with Crippen LogP contribution in [0.1, 0.15) is 30.7 Å². The lowest BCUT2D eigenvalue weighted by atomic mass is 10.1. The topological polar surface area (TPSA) is 50.9 Å². The second-order valence-corrected chi connectivity index (χ2v) is 5.14. The molecule has 0 bridgehead atoms. The zero-order chi connectivity index (χ0) is 13.0. The standard InChI is InChI=1S/C13H16BrN3O/c1-2-7-17-12(9-15-16-17)13(18)8-10-3-5-11(14)6-4-10/h3-6,9,13,18H,2,7-8H2,1H3. The molecule has 0 spiro atoms. The molecular formula is C13H16BrN3O. The van der Waals surface area contributed by atoms with Crippen molar-refractivity contribution in [3.63, 3.8) is 0 Å². The smallest absolute Gasteiger partial charge is 0.101 e. The summed E-state index contributed by atoms with van der Waals surface area (Å²) in [5, 5.41) is 18.1. The first-order chi connectivity index (χ1) is 8.70. The number of halogens is 1. The molecule has 96 valence electrons. The van der Waals surface area contributed by atoms with E-state index in [0.717, 1.165) is 28.7 Å². The van der Waals surface area contributed by atoms with Crippen LogP contribution in [0.3, 0.4) is 0 Å². The third kappa shape index (κ3) is 3.17. The van der Waals surface area contributed by atoms with Crippen LogP contribution in [0.2, 0.25) is 0 Å². The number of hydrogen-bond donors (Lipinski definition) is 1. The lowest BCUT2D eigenvalue weighted by molar-refractivity contribution is 0.166. The fourth-order valence-electron chi connectivity index (χ4n) is 1.86. The average molecular weight is 310 g/mol. The maximum atomic E-state index is 10.2. The van der Waals surface area contributed by atoms with Crippen molar-refractivity contribution >= 4 is 15.9 Å². The Morgan fingerprint density at radius 2 is 2.06 bits per heavy atom. The zero-order valence-electron chi connectivity index (χ0n) is 10.3. The number of benzene rings is 1. The highest BCUT2D eigenvalue weighted by atomic mass is 79.9. The van der Waals surface area contributed by atoms with Gasteiger partial charge in [0.05, 0.1) is 11.9 Å². The fourth-order valence-corrected chi connectivity index (χ4v) is 2.12. The first kappa shape index (κ1) is 13.2. The highest BCUT2D eigenvalue weighted by molar-refractivity contribution is 9.10. The third-order valence-electron chi connectivity index (χ3n) is 2.77. The Balaban J connectivity index is 2.09. The van der Waals surface area contributed by atoms with E-state index in [1.807, 2.05) is 24.3 Å². The fraction of sp³-hybridized carbons (Fsp3) is 0.385. The summed E-state index contributed by atoms with van der Waals surface area (Å²) in [5.74, 6) is 0. The third-order valence-corrected chi connectivity index (χ3v) is 3.30. The lowest BCUT2D eigenvalue weighted by Crippen LogP contribution is -2.11. The highest BCUT2D eigenvalue weighted by Gasteiger charge is 2.14. The molecule has 0 amide bonds. The summed E-state index contributed by atoms with van der Waals surface area (Å²) < 4.78 is 2.81. The van der Waals surface area contributed by atoms with Crippen molar-refractivity contribution in [3.8, 4) is 0 Å². The van der Waals surface area contributed by atoms with Crippen LogP contribution in [-0.2, 0) is 13.0 Å². The van der Waals surface area contributed by atoms with Crippen molar-refractivity contribution in [3.05, 3.63) is 46.2 Å². The molecule has 0 saturated heterocycles. The minimum Gasteiger partial charge on any atom is -0.386 e. The number of aliphatic hydroxyl groups excluding tert-OH is 1. The van der Waals surface area contributed by atoms with E-state index in [1.54, 1.807) is 10.9 Å². The Hall–Kier alpha value is -1.20. The van der Waals surface area contributed by atoms with Crippen LogP contribution in [0.15, 0.2) is 34.9 Å². The van der Waals surface area contributed by atoms with Gasteiger partial charge in [0.15, 0.2) is 0 Å². The van der Waals surface area contributed by atoms with E-state index < -0.39 is 6.10 Å². The Bertz CT molecular complexity index is 495. The van der Waals surface area contributed by atoms with Crippen molar-refractivity contribution in [2.75, 3.05) is 0 Å². The molecule has 0 radical (unpaired) electrons. The van der Waals surface area contributed by atoms with Crippen LogP contribution in [0, 0.1) is 0 Å². The number of nitrogens with zero attached hydrogens (tertiary/aromatic N) is 3. The number of aliphatic hydroxyl groups is 1. The van der Waals surface area contributed by atoms with E-state index in [2.05, 4.69) is 33.2 Å². The zero-order valence-corrected chi connectivity index (χ0v) is 11.8. The molecule has 2 aromatic rings. The van der Waals surface area contributed by atoms with Crippen molar-refractivity contribution in [2.45, 2.75) is 32.4 Å². The maximum Gasteiger partial charge on any atom is 0.101 e. The Morgan fingerprint density at radius 1 is 1.33 bits per heavy atom. The van der Waals surface area contributed by atoms with Crippen molar-refractivity contribution in [1.82, 2.24) is 15.0 Å². The molecule has 18 heavy (non-hydrogen) atoms. The predicted octanol–water partition coefficient (Wildman–Crippen LogP) is 2.73. The lowest BCUT2D eigenvalue weighted by Gasteiger charge is -2.12. The molecule has 0 aliphatic rings. The molecule has 0 saturated carbocycles. The van der Waals surface area contributed by atoms with E-state index in [1.165, 1.54) is 0 Å². The molecule has 1 aromatic heterocycles. The second-order valence-electron chi connectivity index (χ2n) is 4.23. The molecule has 1 heterocycles. The number of hydrogen-bond acceptors (Lipinski definition) is 3. The summed E-state index contributed by atoms with van der Waals surface area (Å²) in [6.45, 7) is 2.86. The van der Waals surface area contributed by atoms with Crippen LogP contribution in [0.5, 0.6) is 0 Å². The van der Waals surface area contributed by atoms with Crippen LogP contribution >= 0.6 is 15.9 Å². The minimum absolute atomic E-state index is 0.562. The van der Waals surface area contributed by atoms with Crippen molar-refractivity contribution < 1.29 is 5.11 Å². The SMILES string of the molecule is CCCn1nncc1C(O)Cc1ccc(Br)cc1. The maximum absolute atomic E-state index is 10.2. The van der Waals surface area contributed by atoms with Gasteiger partial charge < -0.3 is 5.11 Å². The summed E-state index contributed by atoms with van der Waals surface area (Å²) in [6.07, 6.45) is 2.62. The van der Waals surface area contributed by atoms with Gasteiger partial charge in [-0.3, -0.25) is 0 Å². The molecule has 1 atom stereocenters. The minimum atomic E-state index is -0.562. The van der Waals surface area contributed by atoms with Gasteiger partial charge in [0.25, 0.3) is 0 Å². The van der Waals surface area contributed by atoms with E-state index in [-0.39, 0.29) is 0 Å². The summed E-state index contributed by atoms with van der Waals surface area (Å²) in [5.41, 5.74) is 1.87. The average Bonchev–Trinajstić information content (AvgIpc) is 2.81. The Labute approximate surface area is 115 Å².